The molecule has 0 bridgehead atoms. The first-order valence-electron chi connectivity index (χ1n) is 6.13. The molecule has 0 atom stereocenters. The number of nitrogens with two attached hydrogens (primary N) is 2. The predicted octanol–water partition coefficient (Wildman–Crippen LogP) is 3.95. The average molecular weight is 309 g/mol. The molecule has 0 spiro atoms. The van der Waals surface area contributed by atoms with Gasteiger partial charge in [0.05, 0.1) is 5.69 Å². The average Bonchev–Trinajstić information content (AvgIpc) is 2.38. The lowest BCUT2D eigenvalue weighted by atomic mass is 10.0. The smallest absolute Gasteiger partial charge is 0.188 e. The van der Waals surface area contributed by atoms with Crippen molar-refractivity contribution in [2.45, 2.75) is 13.8 Å². The Morgan fingerprint density at radius 1 is 1.19 bits per heavy atom. The van der Waals surface area contributed by atoms with E-state index in [4.69, 9.17) is 27.8 Å². The van der Waals surface area contributed by atoms with E-state index in [1.807, 2.05) is 0 Å². The van der Waals surface area contributed by atoms with Crippen LogP contribution in [0.2, 0.25) is 5.02 Å². The highest BCUT2D eigenvalue weighted by molar-refractivity contribution is 6.31. The molecule has 0 radical (unpaired) electrons. The summed E-state index contributed by atoms with van der Waals surface area (Å²) in [6, 6.07) is 5.70. The first-order chi connectivity index (χ1) is 9.81. The van der Waals surface area contributed by atoms with E-state index >= 15 is 0 Å². The number of carbonyl (C=O) groups is 1. The van der Waals surface area contributed by atoms with Crippen LogP contribution >= 0.6 is 11.6 Å². The summed E-state index contributed by atoms with van der Waals surface area (Å²) in [7, 11) is 0. The molecule has 0 amide bonds. The van der Waals surface area contributed by atoms with Gasteiger partial charge in [0.25, 0.3) is 0 Å². The standard InChI is InChI=1S/C15H14ClFN2O2/c1-7-12(4-3-10(18)14(7)8(2)20)21-13-6-9(16)5-11(19)15(13)17/h3-6H,18-19H2,1-2H3. The number of hydrogen-bond donors (Lipinski definition) is 2. The first-order valence-corrected chi connectivity index (χ1v) is 6.51. The molecular formula is C15H14ClFN2O2. The van der Waals surface area contributed by atoms with Crippen LogP contribution in [0.15, 0.2) is 24.3 Å². The van der Waals surface area contributed by atoms with E-state index in [2.05, 4.69) is 0 Å². The van der Waals surface area contributed by atoms with E-state index in [-0.39, 0.29) is 22.2 Å². The second-order valence-electron chi connectivity index (χ2n) is 4.62. The lowest BCUT2D eigenvalue weighted by Gasteiger charge is -2.14. The normalized spacial score (nSPS) is 10.5. The van der Waals surface area contributed by atoms with Gasteiger partial charge in [-0.15, -0.1) is 0 Å². The van der Waals surface area contributed by atoms with Gasteiger partial charge in [0, 0.05) is 27.9 Å². The highest BCUT2D eigenvalue weighted by atomic mass is 35.5. The van der Waals surface area contributed by atoms with Crippen LogP contribution in [0, 0.1) is 12.7 Å². The first kappa shape index (κ1) is 15.1. The highest BCUT2D eigenvalue weighted by Gasteiger charge is 2.16. The summed E-state index contributed by atoms with van der Waals surface area (Å²) in [5, 5.41) is 0.254. The fraction of sp³-hybridized carbons (Fsp3) is 0.133. The Morgan fingerprint density at radius 3 is 2.48 bits per heavy atom. The lowest BCUT2D eigenvalue weighted by Crippen LogP contribution is -2.04. The monoisotopic (exact) mass is 308 g/mol. The third-order valence-electron chi connectivity index (χ3n) is 3.05. The van der Waals surface area contributed by atoms with E-state index < -0.39 is 5.82 Å². The molecule has 0 heterocycles. The van der Waals surface area contributed by atoms with Gasteiger partial charge in [-0.1, -0.05) is 11.6 Å². The quantitative estimate of drug-likeness (QED) is 0.665. The van der Waals surface area contributed by atoms with Crippen LogP contribution in [-0.4, -0.2) is 5.78 Å². The molecule has 0 unspecified atom stereocenters. The Balaban J connectivity index is 2.51. The van der Waals surface area contributed by atoms with Crippen LogP contribution < -0.4 is 16.2 Å². The molecule has 0 fully saturated rings. The summed E-state index contributed by atoms with van der Waals surface area (Å²) < 4.78 is 19.4. The number of halogens is 2. The van der Waals surface area contributed by atoms with Gasteiger partial charge in [-0.05, 0) is 32.0 Å². The Labute approximate surface area is 126 Å². The Hall–Kier alpha value is -2.27. The van der Waals surface area contributed by atoms with Crippen molar-refractivity contribution in [1.82, 2.24) is 0 Å². The van der Waals surface area contributed by atoms with Crippen LogP contribution in [0.1, 0.15) is 22.8 Å². The number of Topliss-reactive ketones (excluding diaryl/α,β-unsaturated/α-hetero) is 1. The number of nitrogen functional groups attached to an aromatic ring is 2. The number of carbonyl (C=O) groups excluding carboxylic acids is 1. The van der Waals surface area contributed by atoms with Crippen LogP contribution in [0.3, 0.4) is 0 Å². The maximum Gasteiger partial charge on any atom is 0.188 e. The van der Waals surface area contributed by atoms with Gasteiger partial charge in [0.1, 0.15) is 5.75 Å². The molecule has 110 valence electrons. The Bertz CT molecular complexity index is 732. The minimum atomic E-state index is -0.708. The highest BCUT2D eigenvalue weighted by Crippen LogP contribution is 2.35. The Kier molecular flexibility index (Phi) is 4.04. The molecule has 21 heavy (non-hydrogen) atoms. The molecule has 2 aromatic rings. The number of anilines is 2. The van der Waals surface area contributed by atoms with Gasteiger partial charge in [-0.25, -0.2) is 4.39 Å². The fourth-order valence-electron chi connectivity index (χ4n) is 2.07. The van der Waals surface area contributed by atoms with Crippen LogP contribution in [0.4, 0.5) is 15.8 Å². The van der Waals surface area contributed by atoms with Crippen LogP contribution in [0.25, 0.3) is 0 Å². The molecule has 0 aromatic heterocycles. The third kappa shape index (κ3) is 2.92. The maximum atomic E-state index is 13.9. The van der Waals surface area contributed by atoms with Crippen LogP contribution in [0.5, 0.6) is 11.5 Å². The van der Waals surface area contributed by atoms with Crippen molar-refractivity contribution in [2.75, 3.05) is 11.5 Å². The summed E-state index contributed by atoms with van der Waals surface area (Å²) in [4.78, 5) is 11.6. The molecule has 2 rings (SSSR count). The lowest BCUT2D eigenvalue weighted by molar-refractivity contribution is 0.101. The van der Waals surface area contributed by atoms with Gasteiger partial charge in [-0.3, -0.25) is 4.79 Å². The van der Waals surface area contributed by atoms with Gasteiger partial charge in [-0.2, -0.15) is 0 Å². The molecular weight excluding hydrogens is 295 g/mol. The van der Waals surface area contributed by atoms with Gasteiger partial charge < -0.3 is 16.2 Å². The van der Waals surface area contributed by atoms with Crippen LogP contribution in [-0.2, 0) is 0 Å². The number of benzene rings is 2. The molecule has 4 N–H and O–H groups in total. The van der Waals surface area contributed by atoms with Crippen molar-refractivity contribution in [1.29, 1.82) is 0 Å². The van der Waals surface area contributed by atoms with E-state index in [0.29, 0.717) is 22.6 Å². The van der Waals surface area contributed by atoms with Gasteiger partial charge >= 0.3 is 0 Å². The van der Waals surface area contributed by atoms with Gasteiger partial charge in [0.2, 0.25) is 0 Å². The summed E-state index contributed by atoms with van der Waals surface area (Å²) in [5.41, 5.74) is 12.4. The summed E-state index contributed by atoms with van der Waals surface area (Å²) in [6.07, 6.45) is 0. The van der Waals surface area contributed by atoms with Crippen molar-refractivity contribution in [3.05, 3.63) is 46.2 Å². The number of hydrogen-bond acceptors (Lipinski definition) is 4. The van der Waals surface area contributed by atoms with E-state index in [1.54, 1.807) is 13.0 Å². The number of ketones is 1. The van der Waals surface area contributed by atoms with Crippen molar-refractivity contribution < 1.29 is 13.9 Å². The third-order valence-corrected chi connectivity index (χ3v) is 3.27. The molecule has 0 aliphatic heterocycles. The van der Waals surface area contributed by atoms with Crippen molar-refractivity contribution in [3.63, 3.8) is 0 Å². The largest absolute Gasteiger partial charge is 0.454 e. The molecule has 0 aliphatic carbocycles. The molecule has 0 aliphatic rings. The fourth-order valence-corrected chi connectivity index (χ4v) is 2.29. The molecule has 4 nitrogen and oxygen atoms in total. The number of ether oxygens (including phenoxy) is 1. The van der Waals surface area contributed by atoms with E-state index in [0.717, 1.165) is 0 Å². The second-order valence-corrected chi connectivity index (χ2v) is 5.05. The molecule has 0 saturated carbocycles. The number of rotatable bonds is 3. The molecule has 0 saturated heterocycles. The maximum absolute atomic E-state index is 13.9. The summed E-state index contributed by atoms with van der Waals surface area (Å²) >= 11 is 5.83. The summed E-state index contributed by atoms with van der Waals surface area (Å²) in [5.74, 6) is -0.695. The van der Waals surface area contributed by atoms with Crippen molar-refractivity contribution in [3.8, 4) is 11.5 Å². The van der Waals surface area contributed by atoms with E-state index in [9.17, 15) is 9.18 Å². The second kappa shape index (κ2) is 5.61. The van der Waals surface area contributed by atoms with Crippen molar-refractivity contribution >= 4 is 28.8 Å². The van der Waals surface area contributed by atoms with Gasteiger partial charge in [0.15, 0.2) is 17.3 Å². The topological polar surface area (TPSA) is 78.3 Å². The molecule has 2 aromatic carbocycles. The minimum absolute atomic E-state index is 0.109. The zero-order valence-electron chi connectivity index (χ0n) is 11.5. The zero-order chi connectivity index (χ0) is 15.7. The SMILES string of the molecule is CC(=O)c1c(N)ccc(Oc2cc(Cl)cc(N)c2F)c1C. The minimum Gasteiger partial charge on any atom is -0.454 e. The van der Waals surface area contributed by atoms with E-state index in [1.165, 1.54) is 25.1 Å². The predicted molar refractivity (Wildman–Crippen MR) is 81.5 cm³/mol. The molecule has 6 heteroatoms. The summed E-state index contributed by atoms with van der Waals surface area (Å²) in [6.45, 7) is 3.08. The van der Waals surface area contributed by atoms with Crippen molar-refractivity contribution in [2.24, 2.45) is 0 Å². The zero-order valence-corrected chi connectivity index (χ0v) is 12.3. The Morgan fingerprint density at radius 2 is 1.86 bits per heavy atom.